The van der Waals surface area contributed by atoms with E-state index in [1.54, 1.807) is 37.4 Å². The molecule has 2 aromatic heterocycles. The van der Waals surface area contributed by atoms with Gasteiger partial charge in [0.15, 0.2) is 0 Å². The van der Waals surface area contributed by atoms with Gasteiger partial charge in [-0.3, -0.25) is 4.79 Å². The largest absolute Gasteiger partial charge is 0.462 e. The van der Waals surface area contributed by atoms with Crippen LogP contribution in [0.4, 0.5) is 0 Å². The van der Waals surface area contributed by atoms with Gasteiger partial charge in [-0.1, -0.05) is 0 Å². The highest BCUT2D eigenvalue weighted by Gasteiger charge is 2.21. The summed E-state index contributed by atoms with van der Waals surface area (Å²) < 4.78 is 5.02. The first-order valence-electron chi connectivity index (χ1n) is 7.06. The van der Waals surface area contributed by atoms with Crippen molar-refractivity contribution in [1.29, 1.82) is 5.26 Å². The third kappa shape index (κ3) is 2.49. The number of carbonyl (C=O) groups excluding carboxylic acids is 1. The Hall–Kier alpha value is -3.33. The number of hydrogen-bond acceptors (Lipinski definition) is 4. The van der Waals surface area contributed by atoms with Crippen LogP contribution < -0.4 is 5.43 Å². The number of benzene rings is 1. The van der Waals surface area contributed by atoms with Crippen molar-refractivity contribution in [3.8, 4) is 17.5 Å². The van der Waals surface area contributed by atoms with E-state index in [4.69, 9.17) is 10.00 Å². The molecule has 0 bridgehead atoms. The number of ether oxygens (including phenoxy) is 1. The minimum Gasteiger partial charge on any atom is -0.462 e. The number of hydrogen-bond donors (Lipinski definition) is 2. The average molecular weight is 307 g/mol. The molecule has 0 aliphatic carbocycles. The summed E-state index contributed by atoms with van der Waals surface area (Å²) in [5, 5.41) is 9.28. The summed E-state index contributed by atoms with van der Waals surface area (Å²) in [5.74, 6) is -0.692. The van der Waals surface area contributed by atoms with Crippen molar-refractivity contribution in [2.75, 3.05) is 6.61 Å². The Labute approximate surface area is 131 Å². The number of esters is 1. The molecular formula is C17H13N3O3. The van der Waals surface area contributed by atoms with Gasteiger partial charge >= 0.3 is 5.97 Å². The van der Waals surface area contributed by atoms with Crippen LogP contribution in [-0.4, -0.2) is 22.5 Å². The Morgan fingerprint density at radius 1 is 1.35 bits per heavy atom. The predicted octanol–water partition coefficient (Wildman–Crippen LogP) is 2.57. The second kappa shape index (κ2) is 5.81. The van der Waals surface area contributed by atoms with Gasteiger partial charge in [-0.2, -0.15) is 5.26 Å². The lowest BCUT2D eigenvalue weighted by Gasteiger charge is -2.10. The lowest BCUT2D eigenvalue weighted by molar-refractivity contribution is 0.0525. The van der Waals surface area contributed by atoms with Crippen molar-refractivity contribution in [1.82, 2.24) is 9.97 Å². The number of aromatic amines is 2. The van der Waals surface area contributed by atoms with E-state index in [2.05, 4.69) is 9.97 Å². The SMILES string of the molecule is CCOC(=O)c1c(-c2ccc[nH]2)[nH]c2ccc(C#N)cc2c1=O. The smallest absolute Gasteiger partial charge is 0.344 e. The van der Waals surface area contributed by atoms with E-state index in [0.29, 0.717) is 22.5 Å². The summed E-state index contributed by atoms with van der Waals surface area (Å²) in [7, 11) is 0. The van der Waals surface area contributed by atoms with Gasteiger partial charge in [-0.15, -0.1) is 0 Å². The Bertz CT molecular complexity index is 979. The fraction of sp³-hybridized carbons (Fsp3) is 0.118. The summed E-state index contributed by atoms with van der Waals surface area (Å²) in [6, 6.07) is 10.2. The summed E-state index contributed by atoms with van der Waals surface area (Å²) >= 11 is 0. The number of pyridine rings is 1. The van der Waals surface area contributed by atoms with Crippen LogP contribution in [0.25, 0.3) is 22.3 Å². The number of H-pyrrole nitrogens is 2. The maximum absolute atomic E-state index is 12.8. The Morgan fingerprint density at radius 2 is 2.17 bits per heavy atom. The van der Waals surface area contributed by atoms with E-state index in [0.717, 1.165) is 0 Å². The van der Waals surface area contributed by atoms with Gasteiger partial charge in [0.25, 0.3) is 0 Å². The third-order valence-electron chi connectivity index (χ3n) is 3.48. The van der Waals surface area contributed by atoms with Gasteiger partial charge < -0.3 is 14.7 Å². The molecule has 3 aromatic rings. The molecule has 0 amide bonds. The van der Waals surface area contributed by atoms with Crippen LogP contribution in [0.15, 0.2) is 41.3 Å². The molecule has 0 saturated carbocycles. The summed E-state index contributed by atoms with van der Waals surface area (Å²) in [4.78, 5) is 31.1. The fourth-order valence-electron chi connectivity index (χ4n) is 2.44. The molecule has 0 saturated heterocycles. The molecule has 0 fully saturated rings. The van der Waals surface area contributed by atoms with Crippen molar-refractivity contribution in [2.24, 2.45) is 0 Å². The van der Waals surface area contributed by atoms with Crippen LogP contribution in [-0.2, 0) is 4.74 Å². The van der Waals surface area contributed by atoms with Crippen molar-refractivity contribution in [2.45, 2.75) is 6.92 Å². The number of nitrogens with one attached hydrogen (secondary N) is 2. The van der Waals surface area contributed by atoms with Crippen molar-refractivity contribution in [3.63, 3.8) is 0 Å². The molecular weight excluding hydrogens is 294 g/mol. The molecule has 6 heteroatoms. The number of nitrogens with zero attached hydrogens (tertiary/aromatic N) is 1. The lowest BCUT2D eigenvalue weighted by atomic mass is 10.0. The first kappa shape index (κ1) is 14.6. The number of fused-ring (bicyclic) bond motifs is 1. The number of rotatable bonds is 3. The lowest BCUT2D eigenvalue weighted by Crippen LogP contribution is -2.20. The molecule has 0 atom stereocenters. The van der Waals surface area contributed by atoms with Crippen molar-refractivity contribution in [3.05, 3.63) is 57.9 Å². The molecule has 0 spiro atoms. The predicted molar refractivity (Wildman–Crippen MR) is 85.0 cm³/mol. The Morgan fingerprint density at radius 3 is 2.83 bits per heavy atom. The van der Waals surface area contributed by atoms with E-state index >= 15 is 0 Å². The van der Waals surface area contributed by atoms with Crippen LogP contribution in [0.1, 0.15) is 22.8 Å². The van der Waals surface area contributed by atoms with E-state index in [1.165, 1.54) is 6.07 Å². The zero-order valence-electron chi connectivity index (χ0n) is 12.3. The van der Waals surface area contributed by atoms with Gasteiger partial charge in [0.1, 0.15) is 5.56 Å². The maximum atomic E-state index is 12.8. The minimum atomic E-state index is -0.692. The molecule has 6 nitrogen and oxygen atoms in total. The molecule has 0 unspecified atom stereocenters. The highest BCUT2D eigenvalue weighted by molar-refractivity contribution is 6.00. The first-order valence-corrected chi connectivity index (χ1v) is 7.06. The Kier molecular flexibility index (Phi) is 3.69. The van der Waals surface area contributed by atoms with Gasteiger partial charge in [0, 0.05) is 17.1 Å². The first-order chi connectivity index (χ1) is 11.2. The van der Waals surface area contributed by atoms with Gasteiger partial charge in [-0.05, 0) is 37.3 Å². The number of nitriles is 1. The molecule has 1 aromatic carbocycles. The molecule has 2 N–H and O–H groups in total. The molecule has 0 radical (unpaired) electrons. The second-order valence-corrected chi connectivity index (χ2v) is 4.88. The summed E-state index contributed by atoms with van der Waals surface area (Å²) in [6.45, 7) is 1.84. The quantitative estimate of drug-likeness (QED) is 0.726. The van der Waals surface area contributed by atoms with E-state index in [-0.39, 0.29) is 17.6 Å². The van der Waals surface area contributed by atoms with Crippen LogP contribution in [0.5, 0.6) is 0 Å². The van der Waals surface area contributed by atoms with Crippen LogP contribution in [0.2, 0.25) is 0 Å². The summed E-state index contributed by atoms with van der Waals surface area (Å²) in [6.07, 6.45) is 1.70. The molecule has 0 aliphatic heterocycles. The van der Waals surface area contributed by atoms with Crippen molar-refractivity contribution < 1.29 is 9.53 Å². The number of carbonyl (C=O) groups is 1. The zero-order chi connectivity index (χ0) is 16.4. The average Bonchev–Trinajstić information content (AvgIpc) is 3.09. The van der Waals surface area contributed by atoms with Gasteiger partial charge in [-0.25, -0.2) is 4.79 Å². The maximum Gasteiger partial charge on any atom is 0.344 e. The standard InChI is InChI=1S/C17H13N3O3/c1-2-23-17(22)14-15(13-4-3-7-19-13)20-12-6-5-10(9-18)8-11(12)16(14)21/h3-8,19H,2H2,1H3,(H,20,21). The van der Waals surface area contributed by atoms with Crippen LogP contribution in [0, 0.1) is 11.3 Å². The second-order valence-electron chi connectivity index (χ2n) is 4.88. The monoisotopic (exact) mass is 307 g/mol. The van der Waals surface area contributed by atoms with Crippen LogP contribution in [0.3, 0.4) is 0 Å². The fourth-order valence-corrected chi connectivity index (χ4v) is 2.44. The normalized spacial score (nSPS) is 10.4. The third-order valence-corrected chi connectivity index (χ3v) is 3.48. The minimum absolute atomic E-state index is 0.0723. The molecule has 23 heavy (non-hydrogen) atoms. The molecule has 0 aliphatic rings. The molecule has 114 valence electrons. The summed E-state index contributed by atoms with van der Waals surface area (Å²) in [5.41, 5.74) is 1.35. The van der Waals surface area contributed by atoms with E-state index in [9.17, 15) is 9.59 Å². The van der Waals surface area contributed by atoms with E-state index in [1.807, 2.05) is 6.07 Å². The Balaban J connectivity index is 2.37. The molecule has 3 rings (SSSR count). The van der Waals surface area contributed by atoms with Gasteiger partial charge in [0.2, 0.25) is 5.43 Å². The van der Waals surface area contributed by atoms with Crippen molar-refractivity contribution >= 4 is 16.9 Å². The topological polar surface area (TPSA) is 98.7 Å². The highest BCUT2D eigenvalue weighted by Crippen LogP contribution is 2.22. The molecule has 2 heterocycles. The zero-order valence-corrected chi connectivity index (χ0v) is 12.3. The number of aromatic nitrogens is 2. The highest BCUT2D eigenvalue weighted by atomic mass is 16.5. The van der Waals surface area contributed by atoms with E-state index < -0.39 is 11.4 Å². The van der Waals surface area contributed by atoms with Gasteiger partial charge in [0.05, 0.1) is 29.6 Å². The van der Waals surface area contributed by atoms with Crippen LogP contribution >= 0.6 is 0 Å².